The fraction of sp³-hybridized carbons (Fsp3) is 0. The van der Waals surface area contributed by atoms with Crippen molar-refractivity contribution >= 4 is 32.3 Å². The monoisotopic (exact) mass is 608 g/mol. The molecule has 0 saturated heterocycles. The molecule has 0 spiro atoms. The van der Waals surface area contributed by atoms with Crippen LogP contribution in [-0.2, 0) is 0 Å². The first-order valence-electron chi connectivity index (χ1n) is 16.6. The zero-order valence-electron chi connectivity index (χ0n) is 26.5. The van der Waals surface area contributed by atoms with Gasteiger partial charge >= 0.3 is 0 Å². The second-order valence-electron chi connectivity index (χ2n) is 12.5. The van der Waals surface area contributed by atoms with Crippen molar-refractivity contribution in [2.24, 2.45) is 0 Å². The van der Waals surface area contributed by atoms with Gasteiger partial charge in [0.25, 0.3) is 0 Å². The summed E-state index contributed by atoms with van der Waals surface area (Å²) in [6.07, 6.45) is 0. The van der Waals surface area contributed by atoms with Gasteiger partial charge in [0.15, 0.2) is 0 Å². The maximum absolute atomic E-state index is 2.38. The van der Waals surface area contributed by atoms with Gasteiger partial charge in [0.05, 0.1) is 0 Å². The Labute approximate surface area is 281 Å². The Morgan fingerprint density at radius 3 is 1.27 bits per heavy atom. The largest absolute Gasteiger partial charge is 0.0622 e. The van der Waals surface area contributed by atoms with Crippen molar-refractivity contribution in [2.75, 3.05) is 0 Å². The van der Waals surface area contributed by atoms with E-state index >= 15 is 0 Å². The lowest BCUT2D eigenvalue weighted by Gasteiger charge is -2.20. The molecule has 0 aliphatic rings. The third kappa shape index (κ3) is 4.87. The lowest BCUT2D eigenvalue weighted by Crippen LogP contribution is -1.93. The maximum atomic E-state index is 2.38. The molecule has 0 bridgehead atoms. The molecule has 0 aliphatic carbocycles. The molecule has 0 saturated carbocycles. The van der Waals surface area contributed by atoms with Gasteiger partial charge in [-0.3, -0.25) is 0 Å². The minimum Gasteiger partial charge on any atom is -0.0622 e. The summed E-state index contributed by atoms with van der Waals surface area (Å²) in [6, 6.07) is 70.8. The van der Waals surface area contributed by atoms with Crippen molar-refractivity contribution in [3.05, 3.63) is 194 Å². The molecule has 0 radical (unpaired) electrons. The minimum atomic E-state index is 1.21. The van der Waals surface area contributed by atoms with Gasteiger partial charge in [0, 0.05) is 0 Å². The van der Waals surface area contributed by atoms with Gasteiger partial charge < -0.3 is 0 Å². The molecule has 0 nitrogen and oxygen atoms in total. The van der Waals surface area contributed by atoms with Crippen molar-refractivity contribution in [2.45, 2.75) is 0 Å². The lowest BCUT2D eigenvalue weighted by molar-refractivity contribution is 1.57. The normalized spacial score (nSPS) is 11.3. The Bertz CT molecular complexity index is 2520. The van der Waals surface area contributed by atoms with Crippen LogP contribution < -0.4 is 0 Å². The summed E-state index contributed by atoms with van der Waals surface area (Å²) in [6.45, 7) is 0. The van der Waals surface area contributed by atoms with E-state index in [1.54, 1.807) is 0 Å². The Kier molecular flexibility index (Phi) is 6.91. The number of benzene rings is 9. The van der Waals surface area contributed by atoms with Crippen LogP contribution in [0.25, 0.3) is 88.0 Å². The number of fused-ring (bicyclic) bond motifs is 3. The molecule has 0 aromatic heterocycles. The van der Waals surface area contributed by atoms with Gasteiger partial charge in [-0.25, -0.2) is 0 Å². The van der Waals surface area contributed by atoms with Crippen molar-refractivity contribution in [1.29, 1.82) is 0 Å². The first kappa shape index (κ1) is 28.0. The van der Waals surface area contributed by atoms with Crippen LogP contribution in [-0.4, -0.2) is 0 Å². The zero-order chi connectivity index (χ0) is 31.9. The SMILES string of the molecule is c1ccc(-c2ccc(-c3ccc(-c4c5ccccc5c(-c5ccc6ccccc6c5)c5ccccc45)c(-c4ccccc4)c3)cc2)cc1. The van der Waals surface area contributed by atoms with E-state index < -0.39 is 0 Å². The Hall–Kier alpha value is -6.24. The standard InChI is InChI=1S/C48H32/c1-3-13-33(14-4-1)35-23-25-36(26-24-35)39-29-30-45(46(32-39)37-16-5-2-6-17-37)48-43-21-11-9-19-41(43)47(42-20-10-12-22-44(42)48)40-28-27-34-15-7-8-18-38(34)31-40/h1-32H. The predicted octanol–water partition coefficient (Wildman–Crippen LogP) is 13.5. The van der Waals surface area contributed by atoms with Gasteiger partial charge in [-0.05, 0) is 100 Å². The van der Waals surface area contributed by atoms with E-state index in [0.717, 1.165) is 0 Å². The molecule has 9 aromatic carbocycles. The third-order valence-electron chi connectivity index (χ3n) is 9.67. The Balaban J connectivity index is 1.28. The van der Waals surface area contributed by atoms with Crippen LogP contribution in [0.4, 0.5) is 0 Å². The quantitative estimate of drug-likeness (QED) is 0.171. The van der Waals surface area contributed by atoms with Crippen LogP contribution in [0.2, 0.25) is 0 Å². The van der Waals surface area contributed by atoms with E-state index in [1.807, 2.05) is 0 Å². The van der Waals surface area contributed by atoms with E-state index in [-0.39, 0.29) is 0 Å². The lowest BCUT2D eigenvalue weighted by atomic mass is 9.83. The third-order valence-corrected chi connectivity index (χ3v) is 9.67. The van der Waals surface area contributed by atoms with Gasteiger partial charge in [0.1, 0.15) is 0 Å². The smallest absolute Gasteiger partial charge is 0.00201 e. The van der Waals surface area contributed by atoms with Crippen molar-refractivity contribution < 1.29 is 0 Å². The van der Waals surface area contributed by atoms with Crippen molar-refractivity contribution in [3.8, 4) is 55.6 Å². The molecule has 9 rings (SSSR count). The molecule has 0 amide bonds. The van der Waals surface area contributed by atoms with Crippen LogP contribution in [0.1, 0.15) is 0 Å². The van der Waals surface area contributed by atoms with Crippen LogP contribution in [0.3, 0.4) is 0 Å². The van der Waals surface area contributed by atoms with Gasteiger partial charge in [0.2, 0.25) is 0 Å². The molecular formula is C48H32. The van der Waals surface area contributed by atoms with Crippen LogP contribution in [0.5, 0.6) is 0 Å². The molecule has 0 unspecified atom stereocenters. The molecule has 0 fully saturated rings. The summed E-state index contributed by atoms with van der Waals surface area (Å²) in [4.78, 5) is 0. The number of hydrogen-bond acceptors (Lipinski definition) is 0. The zero-order valence-corrected chi connectivity index (χ0v) is 26.5. The van der Waals surface area contributed by atoms with Gasteiger partial charge in [-0.15, -0.1) is 0 Å². The second kappa shape index (κ2) is 11.8. The summed E-state index contributed by atoms with van der Waals surface area (Å²) >= 11 is 0. The first-order chi connectivity index (χ1) is 23.8. The van der Waals surface area contributed by atoms with E-state index in [4.69, 9.17) is 0 Å². The van der Waals surface area contributed by atoms with Gasteiger partial charge in [-0.2, -0.15) is 0 Å². The summed E-state index contributed by atoms with van der Waals surface area (Å²) < 4.78 is 0. The van der Waals surface area contributed by atoms with Crippen molar-refractivity contribution in [1.82, 2.24) is 0 Å². The van der Waals surface area contributed by atoms with E-state index in [0.29, 0.717) is 0 Å². The van der Waals surface area contributed by atoms with Crippen LogP contribution >= 0.6 is 0 Å². The average molecular weight is 609 g/mol. The fourth-order valence-corrected chi connectivity index (χ4v) is 7.36. The van der Waals surface area contributed by atoms with Crippen LogP contribution in [0, 0.1) is 0 Å². The van der Waals surface area contributed by atoms with Crippen LogP contribution in [0.15, 0.2) is 194 Å². The number of rotatable bonds is 5. The average Bonchev–Trinajstić information content (AvgIpc) is 3.17. The molecule has 48 heavy (non-hydrogen) atoms. The molecule has 0 heteroatoms. The number of hydrogen-bond donors (Lipinski definition) is 0. The highest BCUT2D eigenvalue weighted by Crippen LogP contribution is 2.47. The second-order valence-corrected chi connectivity index (χ2v) is 12.5. The molecule has 0 N–H and O–H groups in total. The first-order valence-corrected chi connectivity index (χ1v) is 16.6. The highest BCUT2D eigenvalue weighted by Gasteiger charge is 2.19. The summed E-state index contributed by atoms with van der Waals surface area (Å²) in [5.74, 6) is 0. The molecule has 9 aromatic rings. The summed E-state index contributed by atoms with van der Waals surface area (Å²) in [7, 11) is 0. The predicted molar refractivity (Wildman–Crippen MR) is 206 cm³/mol. The maximum Gasteiger partial charge on any atom is -0.00201 e. The van der Waals surface area contributed by atoms with Crippen molar-refractivity contribution in [3.63, 3.8) is 0 Å². The van der Waals surface area contributed by atoms with Gasteiger partial charge in [-0.1, -0.05) is 182 Å². The molecule has 0 heterocycles. The fourth-order valence-electron chi connectivity index (χ4n) is 7.36. The Morgan fingerprint density at radius 2 is 0.646 bits per heavy atom. The molecule has 0 aliphatic heterocycles. The highest BCUT2D eigenvalue weighted by molar-refractivity contribution is 6.22. The topological polar surface area (TPSA) is 0 Å². The highest BCUT2D eigenvalue weighted by atomic mass is 14.2. The molecule has 224 valence electrons. The van der Waals surface area contributed by atoms with E-state index in [2.05, 4.69) is 194 Å². The summed E-state index contributed by atoms with van der Waals surface area (Å²) in [5, 5.41) is 7.56. The molecule has 0 atom stereocenters. The summed E-state index contributed by atoms with van der Waals surface area (Å²) in [5.41, 5.74) is 12.4. The molecular weight excluding hydrogens is 577 g/mol. The van der Waals surface area contributed by atoms with E-state index in [1.165, 1.54) is 88.0 Å². The Morgan fingerprint density at radius 1 is 0.208 bits per heavy atom. The van der Waals surface area contributed by atoms with E-state index in [9.17, 15) is 0 Å². The minimum absolute atomic E-state index is 1.21.